The molecule has 4 nitrogen and oxygen atoms in total. The van der Waals surface area contributed by atoms with Gasteiger partial charge in [0.05, 0.1) is 23.3 Å². The Morgan fingerprint density at radius 1 is 1.12 bits per heavy atom. The van der Waals surface area contributed by atoms with Crippen molar-refractivity contribution in [3.8, 4) is 11.4 Å². The van der Waals surface area contributed by atoms with E-state index in [0.29, 0.717) is 23.0 Å². The van der Waals surface area contributed by atoms with Crippen molar-refractivity contribution >= 4 is 17.3 Å². The number of aromatic nitrogens is 3. The number of rotatable bonds is 4. The molecule has 0 aliphatic carbocycles. The zero-order valence-electron chi connectivity index (χ0n) is 13.2. The standard InChI is InChI=1S/C17H14ClF3N4/c1-25-15(8-16(24-25)17(19,20)21)14-7-6-13(10-23-14)22-9-11-2-4-12(18)5-3-11/h2-8,10,22H,9H2,1H3. The summed E-state index contributed by atoms with van der Waals surface area (Å²) < 4.78 is 39.4. The van der Waals surface area contributed by atoms with Gasteiger partial charge in [0, 0.05) is 18.6 Å². The topological polar surface area (TPSA) is 42.7 Å². The van der Waals surface area contributed by atoms with Gasteiger partial charge in [-0.05, 0) is 35.9 Å². The van der Waals surface area contributed by atoms with Gasteiger partial charge in [-0.3, -0.25) is 9.67 Å². The van der Waals surface area contributed by atoms with Gasteiger partial charge in [0.25, 0.3) is 0 Å². The van der Waals surface area contributed by atoms with Gasteiger partial charge >= 0.3 is 6.18 Å². The third-order valence-corrected chi connectivity index (χ3v) is 3.86. The summed E-state index contributed by atoms with van der Waals surface area (Å²) in [6, 6.07) is 11.8. The number of nitrogens with one attached hydrogen (secondary N) is 1. The second-order valence-electron chi connectivity index (χ2n) is 5.45. The first-order chi connectivity index (χ1) is 11.8. The van der Waals surface area contributed by atoms with Crippen molar-refractivity contribution in [1.29, 1.82) is 0 Å². The summed E-state index contributed by atoms with van der Waals surface area (Å²) >= 11 is 5.84. The predicted molar refractivity (Wildman–Crippen MR) is 90.2 cm³/mol. The first-order valence-electron chi connectivity index (χ1n) is 7.39. The molecule has 25 heavy (non-hydrogen) atoms. The van der Waals surface area contributed by atoms with Crippen molar-refractivity contribution in [2.75, 3.05) is 5.32 Å². The molecule has 8 heteroatoms. The van der Waals surface area contributed by atoms with E-state index in [0.717, 1.165) is 17.3 Å². The van der Waals surface area contributed by atoms with Crippen LogP contribution in [0.1, 0.15) is 11.3 Å². The number of pyridine rings is 1. The van der Waals surface area contributed by atoms with Gasteiger partial charge in [-0.2, -0.15) is 18.3 Å². The molecule has 0 spiro atoms. The summed E-state index contributed by atoms with van der Waals surface area (Å²) in [6.45, 7) is 0.585. The van der Waals surface area contributed by atoms with Crippen LogP contribution in [-0.4, -0.2) is 14.8 Å². The molecule has 0 saturated carbocycles. The second kappa shape index (κ2) is 6.76. The van der Waals surface area contributed by atoms with E-state index in [1.165, 1.54) is 11.7 Å². The molecule has 0 fully saturated rings. The van der Waals surface area contributed by atoms with Gasteiger partial charge in [-0.25, -0.2) is 0 Å². The Labute approximate surface area is 147 Å². The highest BCUT2D eigenvalue weighted by Crippen LogP contribution is 2.31. The van der Waals surface area contributed by atoms with Crippen LogP contribution in [-0.2, 0) is 19.8 Å². The lowest BCUT2D eigenvalue weighted by Gasteiger charge is -2.07. The van der Waals surface area contributed by atoms with Crippen molar-refractivity contribution in [2.24, 2.45) is 7.05 Å². The van der Waals surface area contributed by atoms with Crippen LogP contribution >= 0.6 is 11.6 Å². The summed E-state index contributed by atoms with van der Waals surface area (Å²) in [5.74, 6) is 0. The first kappa shape index (κ1) is 17.3. The average molecular weight is 367 g/mol. The number of halogens is 4. The van der Waals surface area contributed by atoms with E-state index in [9.17, 15) is 13.2 Å². The van der Waals surface area contributed by atoms with Crippen LogP contribution in [0.3, 0.4) is 0 Å². The molecule has 1 aromatic carbocycles. The lowest BCUT2D eigenvalue weighted by Crippen LogP contribution is -2.06. The van der Waals surface area contributed by atoms with Crippen LogP contribution in [0.4, 0.5) is 18.9 Å². The summed E-state index contributed by atoms with van der Waals surface area (Å²) in [7, 11) is 1.46. The normalized spacial score (nSPS) is 11.6. The number of benzene rings is 1. The van der Waals surface area contributed by atoms with Crippen LogP contribution in [0, 0.1) is 0 Å². The Balaban J connectivity index is 1.72. The van der Waals surface area contributed by atoms with Crippen LogP contribution in [0.2, 0.25) is 5.02 Å². The van der Waals surface area contributed by atoms with Crippen LogP contribution in [0.15, 0.2) is 48.7 Å². The van der Waals surface area contributed by atoms with E-state index in [-0.39, 0.29) is 0 Å². The minimum atomic E-state index is -4.48. The second-order valence-corrected chi connectivity index (χ2v) is 5.88. The van der Waals surface area contributed by atoms with E-state index >= 15 is 0 Å². The molecule has 0 unspecified atom stereocenters. The predicted octanol–water partition coefficient (Wildman–Crippen LogP) is 4.77. The van der Waals surface area contributed by atoms with Crippen molar-refractivity contribution in [3.63, 3.8) is 0 Å². The summed E-state index contributed by atoms with van der Waals surface area (Å²) in [5.41, 5.74) is 1.60. The summed E-state index contributed by atoms with van der Waals surface area (Å²) in [6.07, 6.45) is -2.90. The van der Waals surface area contributed by atoms with E-state index in [1.54, 1.807) is 30.5 Å². The lowest BCUT2D eigenvalue weighted by molar-refractivity contribution is -0.141. The Kier molecular flexibility index (Phi) is 4.67. The molecule has 3 aromatic rings. The quantitative estimate of drug-likeness (QED) is 0.723. The van der Waals surface area contributed by atoms with Gasteiger partial charge < -0.3 is 5.32 Å². The molecule has 0 bridgehead atoms. The maximum Gasteiger partial charge on any atom is 0.435 e. The minimum Gasteiger partial charge on any atom is -0.380 e. The molecule has 130 valence electrons. The smallest absolute Gasteiger partial charge is 0.380 e. The van der Waals surface area contributed by atoms with E-state index in [2.05, 4.69) is 15.4 Å². The Morgan fingerprint density at radius 2 is 1.84 bits per heavy atom. The van der Waals surface area contributed by atoms with Crippen molar-refractivity contribution in [1.82, 2.24) is 14.8 Å². The van der Waals surface area contributed by atoms with Gasteiger partial charge in [0.2, 0.25) is 0 Å². The van der Waals surface area contributed by atoms with E-state index in [4.69, 9.17) is 11.6 Å². The molecule has 0 aliphatic rings. The fourth-order valence-electron chi connectivity index (χ4n) is 2.30. The molecule has 0 atom stereocenters. The molecule has 0 aliphatic heterocycles. The highest BCUT2D eigenvalue weighted by Gasteiger charge is 2.34. The van der Waals surface area contributed by atoms with Crippen molar-refractivity contribution < 1.29 is 13.2 Å². The zero-order chi connectivity index (χ0) is 18.0. The largest absolute Gasteiger partial charge is 0.435 e. The van der Waals surface area contributed by atoms with Gasteiger partial charge in [0.15, 0.2) is 5.69 Å². The third-order valence-electron chi connectivity index (χ3n) is 3.61. The van der Waals surface area contributed by atoms with Gasteiger partial charge in [-0.1, -0.05) is 23.7 Å². The molecule has 2 aromatic heterocycles. The maximum absolute atomic E-state index is 12.7. The molecule has 0 radical (unpaired) electrons. The van der Waals surface area contributed by atoms with Gasteiger partial charge in [0.1, 0.15) is 0 Å². The van der Waals surface area contributed by atoms with Crippen molar-refractivity contribution in [3.05, 3.63) is 64.9 Å². The fourth-order valence-corrected chi connectivity index (χ4v) is 2.43. The molecule has 3 rings (SSSR count). The van der Waals surface area contributed by atoms with Gasteiger partial charge in [-0.15, -0.1) is 0 Å². The van der Waals surface area contributed by atoms with Crippen LogP contribution < -0.4 is 5.32 Å². The first-order valence-corrected chi connectivity index (χ1v) is 7.77. The van der Waals surface area contributed by atoms with Crippen LogP contribution in [0.5, 0.6) is 0 Å². The molecular weight excluding hydrogens is 353 g/mol. The van der Waals surface area contributed by atoms with Crippen LogP contribution in [0.25, 0.3) is 11.4 Å². The Morgan fingerprint density at radius 3 is 2.40 bits per heavy atom. The number of nitrogens with zero attached hydrogens (tertiary/aromatic N) is 3. The number of hydrogen-bond acceptors (Lipinski definition) is 3. The Hall–Kier alpha value is -2.54. The number of hydrogen-bond donors (Lipinski definition) is 1. The molecule has 1 N–H and O–H groups in total. The summed E-state index contributed by atoms with van der Waals surface area (Å²) in [4.78, 5) is 4.22. The monoisotopic (exact) mass is 366 g/mol. The zero-order valence-corrected chi connectivity index (χ0v) is 13.9. The third kappa shape index (κ3) is 4.11. The molecule has 2 heterocycles. The van der Waals surface area contributed by atoms with E-state index < -0.39 is 11.9 Å². The minimum absolute atomic E-state index is 0.302. The lowest BCUT2D eigenvalue weighted by atomic mass is 10.2. The summed E-state index contributed by atoms with van der Waals surface area (Å²) in [5, 5.41) is 7.35. The van der Waals surface area contributed by atoms with E-state index in [1.807, 2.05) is 12.1 Å². The highest BCUT2D eigenvalue weighted by molar-refractivity contribution is 6.30. The molecular formula is C17H14ClF3N4. The number of anilines is 1. The molecule has 0 saturated heterocycles. The Bertz CT molecular complexity index is 855. The number of alkyl halides is 3. The molecule has 0 amide bonds. The fraction of sp³-hybridized carbons (Fsp3) is 0.176. The highest BCUT2D eigenvalue weighted by atomic mass is 35.5. The van der Waals surface area contributed by atoms with Crippen molar-refractivity contribution in [2.45, 2.75) is 12.7 Å². The SMILES string of the molecule is Cn1nc(C(F)(F)F)cc1-c1ccc(NCc2ccc(Cl)cc2)cn1. The average Bonchev–Trinajstić information content (AvgIpc) is 2.97. The number of aryl methyl sites for hydroxylation is 1. The maximum atomic E-state index is 12.7.